The monoisotopic (exact) mass is 416 g/mol. The molecule has 152 valence electrons. The van der Waals surface area contributed by atoms with Gasteiger partial charge in [-0.15, -0.1) is 0 Å². The summed E-state index contributed by atoms with van der Waals surface area (Å²) >= 11 is 0. The van der Waals surface area contributed by atoms with Crippen LogP contribution in [-0.2, 0) is 0 Å². The third-order valence-corrected chi connectivity index (χ3v) is 6.02. The highest BCUT2D eigenvalue weighted by Gasteiger charge is 2.26. The molecule has 0 fully saturated rings. The lowest BCUT2D eigenvalue weighted by Crippen LogP contribution is -2.07. The van der Waals surface area contributed by atoms with Crippen LogP contribution in [-0.4, -0.2) is 26.6 Å². The van der Waals surface area contributed by atoms with Crippen LogP contribution in [0, 0.1) is 0 Å². The summed E-state index contributed by atoms with van der Waals surface area (Å²) < 4.78 is 13.9. The van der Waals surface area contributed by atoms with E-state index in [0.29, 0.717) is 17.4 Å². The lowest BCUT2D eigenvalue weighted by Gasteiger charge is -2.22. The van der Waals surface area contributed by atoms with E-state index in [1.807, 2.05) is 60.8 Å². The van der Waals surface area contributed by atoms with Crippen molar-refractivity contribution in [1.29, 1.82) is 0 Å². The maximum absolute atomic E-state index is 6.22. The van der Waals surface area contributed by atoms with Crippen molar-refractivity contribution in [2.45, 2.75) is 0 Å². The molecule has 0 bridgehead atoms. The Labute approximate surface area is 182 Å². The van der Waals surface area contributed by atoms with Crippen LogP contribution >= 0.6 is 0 Å². The molecule has 0 spiro atoms. The number of nitrogens with zero attached hydrogens (tertiary/aromatic N) is 4. The van der Waals surface area contributed by atoms with E-state index in [1.165, 1.54) is 0 Å². The Morgan fingerprint density at radius 3 is 2.62 bits per heavy atom. The van der Waals surface area contributed by atoms with Crippen molar-refractivity contribution < 1.29 is 9.47 Å². The molecule has 7 rings (SSSR count). The first kappa shape index (κ1) is 17.3. The fourth-order valence-electron chi connectivity index (χ4n) is 4.61. The third kappa shape index (κ3) is 2.21. The number of methoxy groups -OCH3 is 1. The van der Waals surface area contributed by atoms with E-state index < -0.39 is 0 Å². The van der Waals surface area contributed by atoms with Crippen molar-refractivity contribution >= 4 is 32.7 Å². The second-order valence-corrected chi connectivity index (χ2v) is 7.71. The molecule has 0 amide bonds. The van der Waals surface area contributed by atoms with Gasteiger partial charge in [0.05, 0.1) is 34.7 Å². The van der Waals surface area contributed by atoms with Gasteiger partial charge in [-0.05, 0) is 36.4 Å². The molecule has 32 heavy (non-hydrogen) atoms. The molecular weight excluding hydrogens is 400 g/mol. The Kier molecular flexibility index (Phi) is 3.38. The van der Waals surface area contributed by atoms with Crippen LogP contribution in [0.4, 0.5) is 0 Å². The maximum atomic E-state index is 6.22. The van der Waals surface area contributed by atoms with Gasteiger partial charge in [-0.25, -0.2) is 9.97 Å². The Bertz CT molecular complexity index is 1650. The predicted molar refractivity (Wildman–Crippen MR) is 124 cm³/mol. The second kappa shape index (κ2) is 6.28. The average Bonchev–Trinajstić information content (AvgIpc) is 3.19. The van der Waals surface area contributed by atoms with Gasteiger partial charge in [0, 0.05) is 28.7 Å². The summed E-state index contributed by atoms with van der Waals surface area (Å²) in [5.41, 5.74) is 4.62. The second-order valence-electron chi connectivity index (χ2n) is 7.71. The van der Waals surface area contributed by atoms with Crippen molar-refractivity contribution in [2.75, 3.05) is 7.11 Å². The Morgan fingerprint density at radius 1 is 0.844 bits per heavy atom. The van der Waals surface area contributed by atoms with Crippen LogP contribution in [0.3, 0.4) is 0 Å². The molecule has 0 N–H and O–H groups in total. The van der Waals surface area contributed by atoms with Gasteiger partial charge in [-0.2, -0.15) is 0 Å². The summed E-state index contributed by atoms with van der Waals surface area (Å²) in [5.74, 6) is 2.67. The molecule has 6 aromatic rings. The number of hydrogen-bond acceptors (Lipinski definition) is 5. The van der Waals surface area contributed by atoms with Crippen LogP contribution in [0.2, 0.25) is 0 Å². The highest BCUT2D eigenvalue weighted by molar-refractivity contribution is 6.09. The molecule has 1 aliphatic rings. The predicted octanol–water partition coefficient (Wildman–Crippen LogP) is 5.90. The van der Waals surface area contributed by atoms with E-state index in [9.17, 15) is 0 Å². The van der Waals surface area contributed by atoms with Gasteiger partial charge in [-0.1, -0.05) is 30.3 Å². The van der Waals surface area contributed by atoms with Crippen LogP contribution in [0.25, 0.3) is 49.9 Å². The highest BCUT2D eigenvalue weighted by atomic mass is 16.5. The van der Waals surface area contributed by atoms with Crippen LogP contribution < -0.4 is 9.47 Å². The molecule has 1 aliphatic heterocycles. The fourth-order valence-corrected chi connectivity index (χ4v) is 4.61. The normalized spacial score (nSPS) is 12.2. The molecule has 0 aliphatic carbocycles. The number of benzene rings is 3. The Balaban J connectivity index is 1.64. The van der Waals surface area contributed by atoms with Crippen LogP contribution in [0.5, 0.6) is 17.2 Å². The largest absolute Gasteiger partial charge is 0.493 e. The number of rotatable bonds is 2. The summed E-state index contributed by atoms with van der Waals surface area (Å²) in [4.78, 5) is 14.4. The number of fused-ring (bicyclic) bond motifs is 5. The van der Waals surface area contributed by atoms with Crippen LogP contribution in [0.1, 0.15) is 0 Å². The minimum absolute atomic E-state index is 0.609. The molecular formula is C26H16N4O2. The van der Waals surface area contributed by atoms with E-state index in [4.69, 9.17) is 19.4 Å². The number of para-hydroxylation sites is 2. The lowest BCUT2D eigenvalue weighted by molar-refractivity contribution is 0.381. The van der Waals surface area contributed by atoms with E-state index in [-0.39, 0.29) is 0 Å². The van der Waals surface area contributed by atoms with Gasteiger partial charge < -0.3 is 9.47 Å². The molecule has 4 heterocycles. The standard InChI is InChI=1S/C26H16N4O2/c1-31-22-11-10-18-23-24(16-7-3-5-9-21(16)32-25(22)23)29-26(28-18)30-19-8-4-2-6-15(19)17-14-27-13-12-20(17)30/h2-14H,1H3. The van der Waals surface area contributed by atoms with Gasteiger partial charge in [0.1, 0.15) is 5.75 Å². The van der Waals surface area contributed by atoms with Gasteiger partial charge in [0.15, 0.2) is 11.5 Å². The zero-order valence-electron chi connectivity index (χ0n) is 17.1. The quantitative estimate of drug-likeness (QED) is 0.351. The fraction of sp³-hybridized carbons (Fsp3) is 0.0385. The van der Waals surface area contributed by atoms with Gasteiger partial charge >= 0.3 is 0 Å². The molecule has 6 nitrogen and oxygen atoms in total. The Hall–Kier alpha value is -4.45. The molecule has 6 heteroatoms. The van der Waals surface area contributed by atoms with Gasteiger partial charge in [0.2, 0.25) is 5.95 Å². The first-order valence-corrected chi connectivity index (χ1v) is 10.3. The minimum Gasteiger partial charge on any atom is -0.493 e. The first-order chi connectivity index (χ1) is 15.8. The summed E-state index contributed by atoms with van der Waals surface area (Å²) in [6.45, 7) is 0. The van der Waals surface area contributed by atoms with Crippen molar-refractivity contribution in [3.05, 3.63) is 79.1 Å². The lowest BCUT2D eigenvalue weighted by atomic mass is 10.0. The van der Waals surface area contributed by atoms with Crippen molar-refractivity contribution in [3.63, 3.8) is 0 Å². The third-order valence-electron chi connectivity index (χ3n) is 6.02. The summed E-state index contributed by atoms with van der Waals surface area (Å²) in [5, 5.41) is 3.04. The molecule has 3 aromatic carbocycles. The zero-order valence-corrected chi connectivity index (χ0v) is 17.1. The SMILES string of the molecule is COc1ccc2nc(-n3c4ccccc4c4cnccc43)nc3c2c1Oc1ccccc1-3. The van der Waals surface area contributed by atoms with E-state index in [0.717, 1.165) is 49.7 Å². The van der Waals surface area contributed by atoms with Crippen molar-refractivity contribution in [2.24, 2.45) is 0 Å². The van der Waals surface area contributed by atoms with Crippen molar-refractivity contribution in [1.82, 2.24) is 19.5 Å². The van der Waals surface area contributed by atoms with Crippen molar-refractivity contribution in [3.8, 4) is 34.5 Å². The molecule has 0 unspecified atom stereocenters. The topological polar surface area (TPSA) is 62.1 Å². The highest BCUT2D eigenvalue weighted by Crippen LogP contribution is 2.49. The summed E-state index contributed by atoms with van der Waals surface area (Å²) in [7, 11) is 1.64. The average molecular weight is 416 g/mol. The maximum Gasteiger partial charge on any atom is 0.235 e. The number of ether oxygens (including phenoxy) is 2. The number of pyridine rings is 1. The zero-order chi connectivity index (χ0) is 21.2. The molecule has 0 saturated heterocycles. The van der Waals surface area contributed by atoms with E-state index in [1.54, 1.807) is 13.3 Å². The molecule has 0 atom stereocenters. The Morgan fingerprint density at radius 2 is 1.69 bits per heavy atom. The van der Waals surface area contributed by atoms with Gasteiger partial charge in [0.25, 0.3) is 0 Å². The van der Waals surface area contributed by atoms with Gasteiger partial charge in [-0.3, -0.25) is 9.55 Å². The van der Waals surface area contributed by atoms with Crippen LogP contribution in [0.15, 0.2) is 79.1 Å². The first-order valence-electron chi connectivity index (χ1n) is 10.3. The smallest absolute Gasteiger partial charge is 0.235 e. The van der Waals surface area contributed by atoms with E-state index >= 15 is 0 Å². The number of hydrogen-bond donors (Lipinski definition) is 0. The number of aromatic nitrogens is 4. The molecule has 0 radical (unpaired) electrons. The molecule has 3 aromatic heterocycles. The molecule has 0 saturated carbocycles. The summed E-state index contributed by atoms with van der Waals surface area (Å²) in [6, 6.07) is 22.0. The van der Waals surface area contributed by atoms with E-state index in [2.05, 4.69) is 21.7 Å². The summed E-state index contributed by atoms with van der Waals surface area (Å²) in [6.07, 6.45) is 3.69. The minimum atomic E-state index is 0.609.